The molecule has 1 heterocycles. The highest BCUT2D eigenvalue weighted by atomic mass is 16.6. The summed E-state index contributed by atoms with van der Waals surface area (Å²) in [6.07, 6.45) is 0.203. The third kappa shape index (κ3) is 1.91. The van der Waals surface area contributed by atoms with Crippen LogP contribution in [0.5, 0.6) is 0 Å². The van der Waals surface area contributed by atoms with Crippen LogP contribution in [-0.2, 0) is 14.3 Å². The Bertz CT molecular complexity index is 383. The Labute approximate surface area is 88.1 Å². The molecule has 0 aliphatic carbocycles. The van der Waals surface area contributed by atoms with E-state index in [0.717, 1.165) is 5.56 Å². The van der Waals surface area contributed by atoms with E-state index in [2.05, 4.69) is 4.74 Å². The molecule has 3 heteroatoms. The van der Waals surface area contributed by atoms with Crippen molar-refractivity contribution in [1.82, 2.24) is 0 Å². The fourth-order valence-corrected chi connectivity index (χ4v) is 1.86. The lowest BCUT2D eigenvalue weighted by Crippen LogP contribution is -2.15. The molecule has 1 saturated heterocycles. The third-order valence-electron chi connectivity index (χ3n) is 2.83. The lowest BCUT2D eigenvalue weighted by Gasteiger charge is -2.14. The molecule has 2 rings (SSSR count). The summed E-state index contributed by atoms with van der Waals surface area (Å²) in [6, 6.07) is 9.69. The fraction of sp³-hybridized carbons (Fsp3) is 0.333. The van der Waals surface area contributed by atoms with Gasteiger partial charge in [-0.3, -0.25) is 9.59 Å². The SMILES string of the molecule is C[C@@H](c1ccccc1)[C@@H]1CC(=O)OC1=O. The molecule has 2 atom stereocenters. The molecule has 0 N–H and O–H groups in total. The molecule has 0 spiro atoms. The normalized spacial score (nSPS) is 22.6. The number of carbonyl (C=O) groups excluding carboxylic acids is 2. The van der Waals surface area contributed by atoms with E-state index in [1.54, 1.807) is 0 Å². The number of ether oxygens (including phenoxy) is 1. The van der Waals surface area contributed by atoms with Crippen molar-refractivity contribution in [1.29, 1.82) is 0 Å². The number of carbonyl (C=O) groups is 2. The van der Waals surface area contributed by atoms with Gasteiger partial charge in [0.25, 0.3) is 0 Å². The lowest BCUT2D eigenvalue weighted by molar-refractivity contribution is -0.153. The van der Waals surface area contributed by atoms with E-state index < -0.39 is 11.9 Å². The highest BCUT2D eigenvalue weighted by Gasteiger charge is 2.37. The molecule has 3 nitrogen and oxygen atoms in total. The zero-order valence-electron chi connectivity index (χ0n) is 8.47. The third-order valence-corrected chi connectivity index (χ3v) is 2.83. The topological polar surface area (TPSA) is 43.4 Å². The predicted molar refractivity (Wildman–Crippen MR) is 54.1 cm³/mol. The maximum absolute atomic E-state index is 11.4. The standard InChI is InChI=1S/C12H12O3/c1-8(9-5-3-2-4-6-9)10-7-11(13)15-12(10)14/h2-6,8,10H,7H2,1H3/t8-,10-/m0/s1. The van der Waals surface area contributed by atoms with Crippen molar-refractivity contribution in [3.8, 4) is 0 Å². The highest BCUT2D eigenvalue weighted by Crippen LogP contribution is 2.31. The van der Waals surface area contributed by atoms with Gasteiger partial charge in [0.15, 0.2) is 0 Å². The molecule has 0 radical (unpaired) electrons. The molecule has 15 heavy (non-hydrogen) atoms. The molecule has 1 aromatic carbocycles. The van der Waals surface area contributed by atoms with E-state index in [0.29, 0.717) is 0 Å². The van der Waals surface area contributed by atoms with Crippen LogP contribution in [0.4, 0.5) is 0 Å². The summed E-state index contributed by atoms with van der Waals surface area (Å²) >= 11 is 0. The van der Waals surface area contributed by atoms with E-state index in [1.165, 1.54) is 0 Å². The number of benzene rings is 1. The fourth-order valence-electron chi connectivity index (χ4n) is 1.86. The van der Waals surface area contributed by atoms with E-state index in [4.69, 9.17) is 0 Å². The molecule has 1 aromatic rings. The van der Waals surface area contributed by atoms with Crippen LogP contribution in [0.1, 0.15) is 24.8 Å². The largest absolute Gasteiger partial charge is 0.393 e. The number of rotatable bonds is 2. The second kappa shape index (κ2) is 3.85. The molecule has 0 amide bonds. The van der Waals surface area contributed by atoms with Gasteiger partial charge in [-0.1, -0.05) is 37.3 Å². The Balaban J connectivity index is 2.18. The van der Waals surface area contributed by atoms with Crippen LogP contribution >= 0.6 is 0 Å². The molecule has 78 valence electrons. The van der Waals surface area contributed by atoms with Crippen molar-refractivity contribution in [3.63, 3.8) is 0 Å². The molecule has 0 aromatic heterocycles. The molecular weight excluding hydrogens is 192 g/mol. The quantitative estimate of drug-likeness (QED) is 0.545. The van der Waals surface area contributed by atoms with E-state index in [9.17, 15) is 9.59 Å². The van der Waals surface area contributed by atoms with Gasteiger partial charge in [0, 0.05) is 0 Å². The van der Waals surface area contributed by atoms with Crippen LogP contribution in [0.15, 0.2) is 30.3 Å². The monoisotopic (exact) mass is 204 g/mol. The Morgan fingerprint density at radius 3 is 2.47 bits per heavy atom. The minimum Gasteiger partial charge on any atom is -0.393 e. The zero-order valence-corrected chi connectivity index (χ0v) is 8.47. The van der Waals surface area contributed by atoms with Gasteiger partial charge in [0.2, 0.25) is 0 Å². The predicted octanol–water partition coefficient (Wildman–Crippen LogP) is 1.88. The van der Waals surface area contributed by atoms with Crippen molar-refractivity contribution in [2.45, 2.75) is 19.3 Å². The van der Waals surface area contributed by atoms with Crippen LogP contribution in [0.2, 0.25) is 0 Å². The van der Waals surface area contributed by atoms with Crippen LogP contribution < -0.4 is 0 Å². The molecule has 1 aliphatic heterocycles. The first-order valence-electron chi connectivity index (χ1n) is 4.98. The highest BCUT2D eigenvalue weighted by molar-refractivity contribution is 5.95. The number of esters is 2. The first kappa shape index (κ1) is 9.90. The summed E-state index contributed by atoms with van der Waals surface area (Å²) in [5.74, 6) is -1.09. The summed E-state index contributed by atoms with van der Waals surface area (Å²) in [5.41, 5.74) is 1.06. The molecule has 0 bridgehead atoms. The first-order valence-corrected chi connectivity index (χ1v) is 4.98. The van der Waals surface area contributed by atoms with Crippen LogP contribution in [0, 0.1) is 5.92 Å². The van der Waals surface area contributed by atoms with Gasteiger partial charge in [-0.25, -0.2) is 0 Å². The summed E-state index contributed by atoms with van der Waals surface area (Å²) in [6.45, 7) is 1.94. The van der Waals surface area contributed by atoms with Crippen molar-refractivity contribution < 1.29 is 14.3 Å². The van der Waals surface area contributed by atoms with Crippen LogP contribution in [-0.4, -0.2) is 11.9 Å². The Morgan fingerprint density at radius 2 is 1.93 bits per heavy atom. The van der Waals surface area contributed by atoms with Crippen LogP contribution in [0.25, 0.3) is 0 Å². The number of hydrogen-bond acceptors (Lipinski definition) is 3. The van der Waals surface area contributed by atoms with E-state index >= 15 is 0 Å². The minimum absolute atomic E-state index is 0.0325. The Hall–Kier alpha value is -1.64. The van der Waals surface area contributed by atoms with E-state index in [-0.39, 0.29) is 18.3 Å². The van der Waals surface area contributed by atoms with Gasteiger partial charge in [-0.15, -0.1) is 0 Å². The van der Waals surface area contributed by atoms with Gasteiger partial charge >= 0.3 is 11.9 Å². The molecule has 0 saturated carbocycles. The van der Waals surface area contributed by atoms with E-state index in [1.807, 2.05) is 37.3 Å². The smallest absolute Gasteiger partial charge is 0.317 e. The lowest BCUT2D eigenvalue weighted by atomic mass is 9.87. The molecule has 0 unspecified atom stereocenters. The van der Waals surface area contributed by atoms with Crippen LogP contribution in [0.3, 0.4) is 0 Å². The van der Waals surface area contributed by atoms with Gasteiger partial charge in [-0.05, 0) is 11.5 Å². The Morgan fingerprint density at radius 1 is 1.27 bits per heavy atom. The van der Waals surface area contributed by atoms with Gasteiger partial charge in [0.05, 0.1) is 12.3 Å². The summed E-state index contributed by atoms with van der Waals surface area (Å²) in [7, 11) is 0. The van der Waals surface area contributed by atoms with Crippen molar-refractivity contribution in [3.05, 3.63) is 35.9 Å². The van der Waals surface area contributed by atoms with Gasteiger partial charge < -0.3 is 4.74 Å². The van der Waals surface area contributed by atoms with Crippen molar-refractivity contribution in [2.24, 2.45) is 5.92 Å². The number of hydrogen-bond donors (Lipinski definition) is 0. The molecule has 1 fully saturated rings. The average Bonchev–Trinajstić information content (AvgIpc) is 2.58. The maximum Gasteiger partial charge on any atom is 0.317 e. The maximum atomic E-state index is 11.4. The Kier molecular flexibility index (Phi) is 2.54. The second-order valence-electron chi connectivity index (χ2n) is 3.80. The minimum atomic E-state index is -0.409. The summed E-state index contributed by atoms with van der Waals surface area (Å²) in [4.78, 5) is 22.3. The van der Waals surface area contributed by atoms with Crippen molar-refractivity contribution in [2.75, 3.05) is 0 Å². The molecule has 1 aliphatic rings. The number of cyclic esters (lactones) is 2. The first-order chi connectivity index (χ1) is 7.18. The van der Waals surface area contributed by atoms with Crippen molar-refractivity contribution >= 4 is 11.9 Å². The van der Waals surface area contributed by atoms with Gasteiger partial charge in [0.1, 0.15) is 0 Å². The van der Waals surface area contributed by atoms with Gasteiger partial charge in [-0.2, -0.15) is 0 Å². The zero-order chi connectivity index (χ0) is 10.8. The summed E-state index contributed by atoms with van der Waals surface area (Å²) < 4.78 is 4.54. The molecular formula is C12H12O3. The average molecular weight is 204 g/mol. The second-order valence-corrected chi connectivity index (χ2v) is 3.80. The summed E-state index contributed by atoms with van der Waals surface area (Å²) in [5, 5.41) is 0.